The highest BCUT2D eigenvalue weighted by atomic mass is 16.2. The lowest BCUT2D eigenvalue weighted by Crippen LogP contribution is -2.52. The van der Waals surface area contributed by atoms with Crippen LogP contribution in [0.2, 0.25) is 0 Å². The zero-order valence-corrected chi connectivity index (χ0v) is 16.0. The summed E-state index contributed by atoms with van der Waals surface area (Å²) in [7, 11) is 0. The summed E-state index contributed by atoms with van der Waals surface area (Å²) in [5.74, 6) is -0.763. The van der Waals surface area contributed by atoms with Crippen LogP contribution in [-0.4, -0.2) is 47.8 Å². The van der Waals surface area contributed by atoms with E-state index in [2.05, 4.69) is 29.8 Å². The third kappa shape index (κ3) is 4.73. The summed E-state index contributed by atoms with van der Waals surface area (Å²) in [5.41, 5.74) is 2.73. The van der Waals surface area contributed by atoms with Crippen molar-refractivity contribution in [3.63, 3.8) is 0 Å². The summed E-state index contributed by atoms with van der Waals surface area (Å²) in [6, 6.07) is 5.80. The van der Waals surface area contributed by atoms with Gasteiger partial charge in [0.2, 0.25) is 11.8 Å². The summed E-state index contributed by atoms with van der Waals surface area (Å²) in [6.45, 7) is 7.37. The van der Waals surface area contributed by atoms with Crippen LogP contribution in [0.1, 0.15) is 54.6 Å². The highest BCUT2D eigenvalue weighted by Crippen LogP contribution is 2.28. The smallest absolute Gasteiger partial charge is 0.255 e. The molecule has 0 bridgehead atoms. The van der Waals surface area contributed by atoms with Crippen LogP contribution in [0.15, 0.2) is 18.2 Å². The van der Waals surface area contributed by atoms with Gasteiger partial charge in [-0.2, -0.15) is 0 Å². The second-order valence-electron chi connectivity index (χ2n) is 7.53. The molecule has 1 aromatic carbocycles. The van der Waals surface area contributed by atoms with Crippen LogP contribution in [0.4, 0.5) is 0 Å². The molecule has 27 heavy (non-hydrogen) atoms. The molecule has 0 spiro atoms. The van der Waals surface area contributed by atoms with Gasteiger partial charge in [-0.05, 0) is 43.1 Å². The Labute approximate surface area is 159 Å². The third-order valence-electron chi connectivity index (χ3n) is 5.00. The molecule has 146 valence electrons. The molecule has 1 saturated heterocycles. The summed E-state index contributed by atoms with van der Waals surface area (Å²) < 4.78 is 0. The first-order valence-electron chi connectivity index (χ1n) is 9.66. The fourth-order valence-electron chi connectivity index (χ4n) is 3.57. The number of benzene rings is 1. The van der Waals surface area contributed by atoms with Crippen LogP contribution in [0, 0.1) is 0 Å². The predicted octanol–water partition coefficient (Wildman–Crippen LogP) is 0.925. The number of hydrogen-bond acceptors (Lipinski definition) is 5. The van der Waals surface area contributed by atoms with Gasteiger partial charge in [-0.25, -0.2) is 0 Å². The number of hydrogen-bond donors (Lipinski definition) is 3. The molecule has 1 aromatic rings. The molecule has 1 fully saturated rings. The molecule has 1 unspecified atom stereocenters. The van der Waals surface area contributed by atoms with E-state index in [1.54, 1.807) is 4.90 Å². The topological polar surface area (TPSA) is 90.5 Å². The number of rotatable bonds is 8. The molecule has 7 nitrogen and oxygen atoms in total. The molecule has 0 aliphatic carbocycles. The fraction of sp³-hybridized carbons (Fsp3) is 0.550. The number of amides is 3. The van der Waals surface area contributed by atoms with Gasteiger partial charge in [0, 0.05) is 31.1 Å². The number of piperidine rings is 1. The van der Waals surface area contributed by atoms with E-state index < -0.39 is 6.04 Å². The Balaban J connectivity index is 1.54. The van der Waals surface area contributed by atoms with Gasteiger partial charge in [0.25, 0.3) is 5.91 Å². The lowest BCUT2D eigenvalue weighted by molar-refractivity contribution is -0.136. The van der Waals surface area contributed by atoms with Crippen molar-refractivity contribution in [2.24, 2.45) is 0 Å². The Morgan fingerprint density at radius 1 is 1.22 bits per heavy atom. The zero-order valence-electron chi connectivity index (χ0n) is 16.0. The van der Waals surface area contributed by atoms with E-state index in [-0.39, 0.29) is 24.1 Å². The molecule has 0 aromatic heterocycles. The summed E-state index contributed by atoms with van der Waals surface area (Å²) in [5, 5.41) is 9.14. The third-order valence-corrected chi connectivity index (χ3v) is 5.00. The molecule has 0 saturated carbocycles. The van der Waals surface area contributed by atoms with Crippen LogP contribution in [0.5, 0.6) is 0 Å². The molecule has 3 N–H and O–H groups in total. The maximum absolute atomic E-state index is 12.7. The summed E-state index contributed by atoms with van der Waals surface area (Å²) >= 11 is 0. The van der Waals surface area contributed by atoms with Crippen LogP contribution < -0.4 is 16.0 Å². The van der Waals surface area contributed by atoms with Crippen molar-refractivity contribution >= 4 is 17.7 Å². The van der Waals surface area contributed by atoms with Gasteiger partial charge in [-0.3, -0.25) is 19.7 Å². The number of nitrogens with zero attached hydrogens (tertiary/aromatic N) is 1. The van der Waals surface area contributed by atoms with Gasteiger partial charge in [0.15, 0.2) is 0 Å². The summed E-state index contributed by atoms with van der Waals surface area (Å²) in [4.78, 5) is 37.7. The van der Waals surface area contributed by atoms with Gasteiger partial charge < -0.3 is 15.5 Å². The normalized spacial score (nSPS) is 19.6. The lowest BCUT2D eigenvalue weighted by Gasteiger charge is -2.29. The van der Waals surface area contributed by atoms with Crippen molar-refractivity contribution in [3.8, 4) is 0 Å². The first-order valence-corrected chi connectivity index (χ1v) is 9.66. The van der Waals surface area contributed by atoms with Crippen molar-refractivity contribution in [2.45, 2.75) is 58.3 Å². The van der Waals surface area contributed by atoms with Crippen molar-refractivity contribution in [1.82, 2.24) is 20.9 Å². The molecule has 1 atom stereocenters. The quantitative estimate of drug-likeness (QED) is 0.466. The highest BCUT2D eigenvalue weighted by molar-refractivity contribution is 6.05. The fourth-order valence-corrected chi connectivity index (χ4v) is 3.57. The van der Waals surface area contributed by atoms with Crippen molar-refractivity contribution < 1.29 is 14.4 Å². The molecule has 2 heterocycles. The Morgan fingerprint density at radius 2 is 2.04 bits per heavy atom. The maximum Gasteiger partial charge on any atom is 0.255 e. The highest BCUT2D eigenvalue weighted by Gasteiger charge is 2.38. The number of fused-ring (bicyclic) bond motifs is 1. The number of imide groups is 1. The lowest BCUT2D eigenvalue weighted by atomic mass is 10.0. The van der Waals surface area contributed by atoms with E-state index in [9.17, 15) is 14.4 Å². The Morgan fingerprint density at radius 3 is 2.78 bits per heavy atom. The van der Waals surface area contributed by atoms with Crippen LogP contribution in [0.3, 0.4) is 0 Å². The zero-order chi connectivity index (χ0) is 19.4. The number of carbonyl (C=O) groups excluding carboxylic acids is 3. The summed E-state index contributed by atoms with van der Waals surface area (Å²) in [6.07, 6.45) is 1.73. The van der Waals surface area contributed by atoms with Gasteiger partial charge in [-0.15, -0.1) is 0 Å². The molecular formula is C20H28N4O3. The van der Waals surface area contributed by atoms with Crippen molar-refractivity contribution in [3.05, 3.63) is 34.9 Å². The van der Waals surface area contributed by atoms with Crippen LogP contribution >= 0.6 is 0 Å². The first kappa shape index (κ1) is 19.5. The minimum atomic E-state index is -0.558. The van der Waals surface area contributed by atoms with E-state index in [4.69, 9.17) is 0 Å². The maximum atomic E-state index is 12.7. The molecule has 3 amide bonds. The minimum Gasteiger partial charge on any atom is -0.322 e. The van der Waals surface area contributed by atoms with Gasteiger partial charge >= 0.3 is 0 Å². The Hall–Kier alpha value is -2.25. The molecule has 3 rings (SSSR count). The minimum absolute atomic E-state index is 0.126. The second-order valence-corrected chi connectivity index (χ2v) is 7.53. The van der Waals surface area contributed by atoms with E-state index in [0.29, 0.717) is 24.6 Å². The molecular weight excluding hydrogens is 344 g/mol. The van der Waals surface area contributed by atoms with Gasteiger partial charge in [-0.1, -0.05) is 26.0 Å². The average Bonchev–Trinajstić information content (AvgIpc) is 2.94. The van der Waals surface area contributed by atoms with E-state index in [1.165, 1.54) is 0 Å². The predicted molar refractivity (Wildman–Crippen MR) is 102 cm³/mol. The van der Waals surface area contributed by atoms with Gasteiger partial charge in [0.05, 0.1) is 0 Å². The largest absolute Gasteiger partial charge is 0.322 e. The number of carbonyl (C=O) groups is 3. The van der Waals surface area contributed by atoms with Crippen LogP contribution in [0.25, 0.3) is 0 Å². The van der Waals surface area contributed by atoms with E-state index in [1.807, 2.05) is 18.2 Å². The average molecular weight is 372 g/mol. The standard InChI is InChI=1S/C20H28N4O3/c1-13(2)22-9-3-8-21-11-14-4-5-16-15(10-14)12-24(20(16)27)17-6-7-18(25)23-19(17)26/h4-5,10,13,17,21-22H,3,6-9,11-12H2,1-2H3,(H,23,25,26). The first-order chi connectivity index (χ1) is 13.0. The molecule has 2 aliphatic heterocycles. The Bertz CT molecular complexity index is 732. The molecule has 0 radical (unpaired) electrons. The van der Waals surface area contributed by atoms with Crippen molar-refractivity contribution in [2.75, 3.05) is 13.1 Å². The molecule has 7 heteroatoms. The van der Waals surface area contributed by atoms with E-state index in [0.717, 1.165) is 37.2 Å². The SMILES string of the molecule is CC(C)NCCCNCc1ccc2c(c1)CN(C1CCC(=O)NC1=O)C2=O. The second kappa shape index (κ2) is 8.63. The van der Waals surface area contributed by atoms with Crippen molar-refractivity contribution in [1.29, 1.82) is 0 Å². The molecule has 2 aliphatic rings. The van der Waals surface area contributed by atoms with Crippen LogP contribution in [-0.2, 0) is 22.7 Å². The Kier molecular flexibility index (Phi) is 6.23. The number of nitrogens with one attached hydrogen (secondary N) is 3. The monoisotopic (exact) mass is 372 g/mol. The van der Waals surface area contributed by atoms with E-state index >= 15 is 0 Å². The van der Waals surface area contributed by atoms with Gasteiger partial charge in [0.1, 0.15) is 6.04 Å².